The molecule has 0 bridgehead atoms. The normalized spacial score (nSPS) is 16.0. The maximum atomic E-state index is 12.9. The Kier molecular flexibility index (Phi) is 6.23. The summed E-state index contributed by atoms with van der Waals surface area (Å²) in [5.74, 6) is 0.196. The molecule has 37 heavy (non-hydrogen) atoms. The number of carbonyl (C=O) groups excluding carboxylic acids is 1. The summed E-state index contributed by atoms with van der Waals surface area (Å²) < 4.78 is 44.3. The number of nitrogens with two attached hydrogens (primary N) is 1. The highest BCUT2D eigenvalue weighted by Gasteiger charge is 2.31. The molecular weight excluding hydrogens is 540 g/mol. The van der Waals surface area contributed by atoms with Crippen LogP contribution in [0, 0.1) is 0 Å². The van der Waals surface area contributed by atoms with Gasteiger partial charge in [-0.05, 0) is 24.6 Å². The first kappa shape index (κ1) is 24.9. The summed E-state index contributed by atoms with van der Waals surface area (Å²) in [6.07, 6.45) is -1.59. The van der Waals surface area contributed by atoms with Crippen molar-refractivity contribution in [1.82, 2.24) is 29.8 Å². The first-order chi connectivity index (χ1) is 17.5. The van der Waals surface area contributed by atoms with Gasteiger partial charge in [-0.15, -0.1) is 0 Å². The molecule has 1 amide bonds. The summed E-state index contributed by atoms with van der Waals surface area (Å²) in [6, 6.07) is 3.83. The third kappa shape index (κ3) is 4.81. The number of alkyl halides is 3. The minimum absolute atomic E-state index is 0.0125. The smallest absolute Gasteiger partial charge is 0.380 e. The van der Waals surface area contributed by atoms with E-state index in [-0.39, 0.29) is 32.8 Å². The molecule has 3 aromatic heterocycles. The molecule has 0 spiro atoms. The molecule has 0 radical (unpaired) electrons. The van der Waals surface area contributed by atoms with Crippen LogP contribution in [0.4, 0.5) is 24.8 Å². The molecule has 16 heteroatoms. The summed E-state index contributed by atoms with van der Waals surface area (Å²) in [5.41, 5.74) is 5.48. The van der Waals surface area contributed by atoms with Gasteiger partial charge in [-0.2, -0.15) is 18.3 Å². The van der Waals surface area contributed by atoms with Crippen LogP contribution in [0.15, 0.2) is 40.0 Å². The number of fused-ring (bicyclic) bond motifs is 1. The number of rotatable bonds is 5. The van der Waals surface area contributed by atoms with Crippen LogP contribution >= 0.6 is 23.2 Å². The number of nitrogen functional groups attached to an aromatic ring is 1. The van der Waals surface area contributed by atoms with Gasteiger partial charge in [0.15, 0.2) is 11.6 Å². The van der Waals surface area contributed by atoms with E-state index in [1.54, 1.807) is 0 Å². The molecule has 1 aliphatic rings. The largest absolute Gasteiger partial charge is 0.408 e. The Bertz CT molecular complexity index is 1560. The number of benzene rings is 1. The monoisotopic (exact) mass is 556 g/mol. The minimum atomic E-state index is -4.60. The molecule has 0 saturated carbocycles. The van der Waals surface area contributed by atoms with Crippen LogP contribution in [0.1, 0.15) is 16.8 Å². The predicted molar refractivity (Wildman–Crippen MR) is 128 cm³/mol. The Labute approximate surface area is 215 Å². The molecule has 1 fully saturated rings. The van der Waals surface area contributed by atoms with E-state index in [0.29, 0.717) is 41.3 Å². The summed E-state index contributed by atoms with van der Waals surface area (Å²) in [5, 5.41) is 10.9. The number of hydrogen-bond donors (Lipinski definition) is 2. The van der Waals surface area contributed by atoms with Crippen molar-refractivity contribution < 1.29 is 22.5 Å². The number of carbonyl (C=O) groups is 1. The van der Waals surface area contributed by atoms with Gasteiger partial charge in [0.05, 0.1) is 26.7 Å². The zero-order valence-corrected chi connectivity index (χ0v) is 20.2. The van der Waals surface area contributed by atoms with E-state index in [0.717, 1.165) is 10.9 Å². The van der Waals surface area contributed by atoms with Crippen LogP contribution < -0.4 is 21.6 Å². The fourth-order valence-corrected chi connectivity index (χ4v) is 4.61. The van der Waals surface area contributed by atoms with Gasteiger partial charge >= 0.3 is 11.9 Å². The molecule has 4 aromatic rings. The minimum Gasteiger partial charge on any atom is -0.380 e. The van der Waals surface area contributed by atoms with Crippen LogP contribution in [-0.2, 0) is 6.54 Å². The number of nitrogens with one attached hydrogen (secondary N) is 1. The molecule has 1 saturated heterocycles. The number of hydrogen-bond acceptors (Lipinski definition) is 8. The standard InChI is InChI=1S/C21H17Cl2F3N8O3/c22-13-5-11(33-9-29-34(20(33)36)8-21(24,25)26)1-2-12(13)19(35)30-10-3-4-32(7-10)18-16-15(14(23)6-28-18)17(27)31-37-16/h1-2,5-6,9-10H,3-4,7-8H2,(H2,27,31)(H,30,35). The second kappa shape index (κ2) is 9.27. The third-order valence-electron chi connectivity index (χ3n) is 5.82. The van der Waals surface area contributed by atoms with Gasteiger partial charge in [-0.1, -0.05) is 28.4 Å². The molecule has 1 unspecified atom stereocenters. The Morgan fingerprint density at radius 1 is 1.27 bits per heavy atom. The molecule has 3 N–H and O–H groups in total. The number of aromatic nitrogens is 5. The van der Waals surface area contributed by atoms with Gasteiger partial charge in [0.25, 0.3) is 5.91 Å². The van der Waals surface area contributed by atoms with Crippen molar-refractivity contribution in [2.45, 2.75) is 25.2 Å². The number of nitrogens with zero attached hydrogens (tertiary/aromatic N) is 6. The molecule has 1 aliphatic heterocycles. The lowest BCUT2D eigenvalue weighted by Crippen LogP contribution is -2.37. The van der Waals surface area contributed by atoms with E-state index in [2.05, 4.69) is 20.6 Å². The van der Waals surface area contributed by atoms with Crippen LogP contribution in [0.25, 0.3) is 16.7 Å². The summed E-state index contributed by atoms with van der Waals surface area (Å²) in [6.45, 7) is -0.543. The number of anilines is 2. The Hall–Kier alpha value is -3.78. The Morgan fingerprint density at radius 3 is 2.78 bits per heavy atom. The lowest BCUT2D eigenvalue weighted by atomic mass is 10.1. The molecule has 0 aliphatic carbocycles. The zero-order chi connectivity index (χ0) is 26.5. The fourth-order valence-electron chi connectivity index (χ4n) is 4.12. The van der Waals surface area contributed by atoms with Crippen molar-refractivity contribution in [2.75, 3.05) is 23.7 Å². The van der Waals surface area contributed by atoms with Gasteiger partial charge in [0, 0.05) is 25.3 Å². The lowest BCUT2D eigenvalue weighted by Gasteiger charge is -2.18. The van der Waals surface area contributed by atoms with Crippen molar-refractivity contribution in [3.63, 3.8) is 0 Å². The van der Waals surface area contributed by atoms with Crippen molar-refractivity contribution in [1.29, 1.82) is 0 Å². The quantitative estimate of drug-likeness (QED) is 0.382. The van der Waals surface area contributed by atoms with Crippen molar-refractivity contribution >= 4 is 51.7 Å². The predicted octanol–water partition coefficient (Wildman–Crippen LogP) is 3.03. The first-order valence-corrected chi connectivity index (χ1v) is 11.5. The molecule has 1 aromatic carbocycles. The fraction of sp³-hybridized carbons (Fsp3) is 0.286. The van der Waals surface area contributed by atoms with E-state index in [1.807, 2.05) is 4.90 Å². The third-order valence-corrected chi connectivity index (χ3v) is 6.42. The highest BCUT2D eigenvalue weighted by atomic mass is 35.5. The van der Waals surface area contributed by atoms with Crippen LogP contribution in [-0.4, -0.2) is 55.7 Å². The van der Waals surface area contributed by atoms with Crippen molar-refractivity contribution in [2.24, 2.45) is 0 Å². The van der Waals surface area contributed by atoms with Crippen LogP contribution in [0.5, 0.6) is 0 Å². The van der Waals surface area contributed by atoms with Crippen molar-refractivity contribution in [3.8, 4) is 5.69 Å². The van der Waals surface area contributed by atoms with E-state index < -0.39 is 24.3 Å². The highest BCUT2D eigenvalue weighted by molar-refractivity contribution is 6.36. The van der Waals surface area contributed by atoms with Gasteiger partial charge in [-0.3, -0.25) is 4.79 Å². The average Bonchev–Trinajstić information content (AvgIpc) is 3.53. The van der Waals surface area contributed by atoms with Crippen LogP contribution in [0.3, 0.4) is 0 Å². The zero-order valence-electron chi connectivity index (χ0n) is 18.7. The van der Waals surface area contributed by atoms with E-state index in [4.69, 9.17) is 33.5 Å². The Morgan fingerprint density at radius 2 is 2.05 bits per heavy atom. The summed E-state index contributed by atoms with van der Waals surface area (Å²) >= 11 is 12.4. The molecule has 11 nitrogen and oxygen atoms in total. The maximum Gasteiger partial charge on any atom is 0.408 e. The van der Waals surface area contributed by atoms with Crippen molar-refractivity contribution in [3.05, 3.63) is 56.8 Å². The molecule has 5 rings (SSSR count). The Balaban J connectivity index is 1.29. The number of halogens is 5. The van der Waals surface area contributed by atoms with Gasteiger partial charge in [-0.25, -0.2) is 19.0 Å². The second-order valence-corrected chi connectivity index (χ2v) is 9.14. The van der Waals surface area contributed by atoms with E-state index in [1.165, 1.54) is 24.4 Å². The summed E-state index contributed by atoms with van der Waals surface area (Å²) in [4.78, 5) is 31.4. The molecule has 1 atom stereocenters. The maximum absolute atomic E-state index is 12.9. The van der Waals surface area contributed by atoms with Crippen LogP contribution in [0.2, 0.25) is 10.0 Å². The van der Waals surface area contributed by atoms with Gasteiger partial charge in [0.2, 0.25) is 5.58 Å². The molecule has 4 heterocycles. The number of pyridine rings is 1. The van der Waals surface area contributed by atoms with E-state index in [9.17, 15) is 22.8 Å². The highest BCUT2D eigenvalue weighted by Crippen LogP contribution is 2.35. The first-order valence-electron chi connectivity index (χ1n) is 10.8. The molecule has 194 valence electrons. The average molecular weight is 557 g/mol. The van der Waals surface area contributed by atoms with E-state index >= 15 is 0 Å². The number of amides is 1. The van der Waals surface area contributed by atoms with Gasteiger partial charge in [0.1, 0.15) is 12.9 Å². The van der Waals surface area contributed by atoms with Gasteiger partial charge < -0.3 is 20.5 Å². The summed E-state index contributed by atoms with van der Waals surface area (Å²) in [7, 11) is 0. The second-order valence-electron chi connectivity index (χ2n) is 8.33. The topological polar surface area (TPSA) is 137 Å². The lowest BCUT2D eigenvalue weighted by molar-refractivity contribution is -0.143. The molecular formula is C21H17Cl2F3N8O3. The SMILES string of the molecule is Nc1noc2c(N3CCC(NC(=O)c4ccc(-n5cnn(CC(F)(F)F)c5=O)cc4Cl)C3)ncc(Cl)c12.